The molecule has 1 atom stereocenters. The van der Waals surface area contributed by atoms with Crippen molar-refractivity contribution in [3.8, 4) is 0 Å². The van der Waals surface area contributed by atoms with Gasteiger partial charge in [0.1, 0.15) is 0 Å². The first kappa shape index (κ1) is 8.24. The first-order chi connectivity index (χ1) is 6.29. The molecule has 1 aliphatic heterocycles. The van der Waals surface area contributed by atoms with Crippen LogP contribution in [0.1, 0.15) is 25.5 Å². The number of rotatable bonds is 1. The van der Waals surface area contributed by atoms with E-state index in [9.17, 15) is 0 Å². The van der Waals surface area contributed by atoms with Crippen molar-refractivity contribution in [1.82, 2.24) is 0 Å². The third kappa shape index (κ3) is 1.42. The summed E-state index contributed by atoms with van der Waals surface area (Å²) < 4.78 is 0. The van der Waals surface area contributed by atoms with Crippen LogP contribution in [-0.4, -0.2) is 6.21 Å². The zero-order valence-electron chi connectivity index (χ0n) is 7.99. The minimum absolute atomic E-state index is 0.265. The van der Waals surface area contributed by atoms with Gasteiger partial charge in [-0.2, -0.15) is 0 Å². The Balaban J connectivity index is 2.36. The average molecular weight is 171 g/mol. The minimum atomic E-state index is 0.265. The summed E-state index contributed by atoms with van der Waals surface area (Å²) in [6.07, 6.45) is 1.97. The normalized spacial score (nSPS) is 21.2. The summed E-state index contributed by atoms with van der Waals surface area (Å²) in [6.45, 7) is 4.27. The van der Waals surface area contributed by atoms with E-state index in [2.05, 4.69) is 43.1 Å². The maximum absolute atomic E-state index is 4.47. The van der Waals surface area contributed by atoms with Gasteiger partial charge in [0.2, 0.25) is 0 Å². The molecular weight excluding hydrogens is 158 g/mol. The maximum atomic E-state index is 4.47. The van der Waals surface area contributed by atoms with Crippen molar-refractivity contribution in [2.45, 2.75) is 19.9 Å². The second-order valence-electron chi connectivity index (χ2n) is 3.46. The first-order valence-corrected chi connectivity index (χ1v) is 4.54. The van der Waals surface area contributed by atoms with Crippen molar-refractivity contribution in [3.63, 3.8) is 0 Å². The molecule has 1 unspecified atom stereocenters. The van der Waals surface area contributed by atoms with E-state index in [-0.39, 0.29) is 6.04 Å². The van der Waals surface area contributed by atoms with E-state index in [0.29, 0.717) is 0 Å². The van der Waals surface area contributed by atoms with Gasteiger partial charge >= 0.3 is 0 Å². The van der Waals surface area contributed by atoms with Gasteiger partial charge in [-0.1, -0.05) is 30.3 Å². The highest BCUT2D eigenvalue weighted by Gasteiger charge is 2.16. The highest BCUT2D eigenvalue weighted by atomic mass is 14.8. The zero-order chi connectivity index (χ0) is 9.26. The van der Waals surface area contributed by atoms with Crippen LogP contribution in [0.4, 0.5) is 0 Å². The van der Waals surface area contributed by atoms with E-state index >= 15 is 0 Å². The smallest absolute Gasteiger partial charge is 0.0963 e. The molecule has 0 aliphatic carbocycles. The Morgan fingerprint density at radius 3 is 2.31 bits per heavy atom. The lowest BCUT2D eigenvalue weighted by Gasteiger charge is -2.09. The number of hydrogen-bond donors (Lipinski definition) is 0. The molecule has 1 nitrogen and oxygen atoms in total. The van der Waals surface area contributed by atoms with E-state index in [1.165, 1.54) is 16.7 Å². The quantitative estimate of drug-likeness (QED) is 0.615. The number of allylic oxidation sites excluding steroid dienone is 1. The van der Waals surface area contributed by atoms with Crippen LogP contribution in [0.2, 0.25) is 0 Å². The van der Waals surface area contributed by atoms with E-state index in [1.54, 1.807) is 0 Å². The predicted octanol–water partition coefficient (Wildman–Crippen LogP) is 3.15. The van der Waals surface area contributed by atoms with Crippen molar-refractivity contribution < 1.29 is 0 Å². The number of benzene rings is 1. The molecule has 1 heteroatoms. The second-order valence-corrected chi connectivity index (χ2v) is 3.46. The Labute approximate surface area is 78.8 Å². The predicted molar refractivity (Wildman–Crippen MR) is 56.0 cm³/mol. The van der Waals surface area contributed by atoms with Gasteiger partial charge in [-0.05, 0) is 30.6 Å². The van der Waals surface area contributed by atoms with E-state index in [0.717, 1.165) is 0 Å². The SMILES string of the molecule is CC1=C(C)C(c2ccccc2)N=C1. The van der Waals surface area contributed by atoms with Gasteiger partial charge in [0, 0.05) is 6.21 Å². The Kier molecular flexibility index (Phi) is 2.01. The molecule has 0 spiro atoms. The zero-order valence-corrected chi connectivity index (χ0v) is 7.99. The molecule has 0 radical (unpaired) electrons. The largest absolute Gasteiger partial charge is 0.280 e. The number of aliphatic imine (C=N–C) groups is 1. The maximum Gasteiger partial charge on any atom is 0.0963 e. The molecule has 0 N–H and O–H groups in total. The molecule has 1 aromatic carbocycles. The fraction of sp³-hybridized carbons (Fsp3) is 0.250. The third-order valence-electron chi connectivity index (χ3n) is 2.56. The molecule has 0 amide bonds. The highest BCUT2D eigenvalue weighted by molar-refractivity contribution is 5.82. The first-order valence-electron chi connectivity index (χ1n) is 4.54. The molecule has 0 aromatic heterocycles. The van der Waals surface area contributed by atoms with Crippen LogP contribution in [0.3, 0.4) is 0 Å². The van der Waals surface area contributed by atoms with Crippen LogP contribution in [0, 0.1) is 0 Å². The Hall–Kier alpha value is -1.37. The highest BCUT2D eigenvalue weighted by Crippen LogP contribution is 2.30. The molecule has 1 aliphatic rings. The third-order valence-corrected chi connectivity index (χ3v) is 2.56. The van der Waals surface area contributed by atoms with Crippen LogP contribution in [-0.2, 0) is 0 Å². The van der Waals surface area contributed by atoms with Crippen LogP contribution in [0.15, 0.2) is 46.5 Å². The standard InChI is InChI=1S/C12H13N/c1-9-8-13-12(10(9)2)11-6-4-3-5-7-11/h3-8,12H,1-2H3. The van der Waals surface area contributed by atoms with Gasteiger partial charge in [-0.15, -0.1) is 0 Å². The number of nitrogens with zero attached hydrogens (tertiary/aromatic N) is 1. The van der Waals surface area contributed by atoms with Crippen molar-refractivity contribution >= 4 is 6.21 Å². The van der Waals surface area contributed by atoms with E-state index < -0.39 is 0 Å². The van der Waals surface area contributed by atoms with Gasteiger partial charge in [0.25, 0.3) is 0 Å². The molecule has 13 heavy (non-hydrogen) atoms. The fourth-order valence-electron chi connectivity index (χ4n) is 1.59. The summed E-state index contributed by atoms with van der Waals surface area (Å²) in [5.41, 5.74) is 3.95. The molecular formula is C12H13N. The lowest BCUT2D eigenvalue weighted by Crippen LogP contribution is -1.93. The van der Waals surface area contributed by atoms with E-state index in [4.69, 9.17) is 0 Å². The van der Waals surface area contributed by atoms with Crippen molar-refractivity contribution in [3.05, 3.63) is 47.0 Å². The molecule has 0 fully saturated rings. The lowest BCUT2D eigenvalue weighted by molar-refractivity contribution is 0.868. The van der Waals surface area contributed by atoms with Gasteiger partial charge in [-0.3, -0.25) is 4.99 Å². The molecule has 1 heterocycles. The minimum Gasteiger partial charge on any atom is -0.280 e. The molecule has 2 rings (SSSR count). The molecule has 0 bridgehead atoms. The van der Waals surface area contributed by atoms with Crippen molar-refractivity contribution in [2.24, 2.45) is 4.99 Å². The number of hydrogen-bond acceptors (Lipinski definition) is 1. The topological polar surface area (TPSA) is 12.4 Å². The van der Waals surface area contributed by atoms with Crippen LogP contribution in [0.5, 0.6) is 0 Å². The second kappa shape index (κ2) is 3.17. The monoisotopic (exact) mass is 171 g/mol. The van der Waals surface area contributed by atoms with Crippen LogP contribution >= 0.6 is 0 Å². The van der Waals surface area contributed by atoms with Gasteiger partial charge in [0.15, 0.2) is 0 Å². The Morgan fingerprint density at radius 1 is 1.08 bits per heavy atom. The van der Waals surface area contributed by atoms with Gasteiger partial charge in [0.05, 0.1) is 6.04 Å². The van der Waals surface area contributed by atoms with Gasteiger partial charge < -0.3 is 0 Å². The van der Waals surface area contributed by atoms with Crippen LogP contribution in [0.25, 0.3) is 0 Å². The van der Waals surface area contributed by atoms with Gasteiger partial charge in [-0.25, -0.2) is 0 Å². The average Bonchev–Trinajstić information content (AvgIpc) is 2.49. The summed E-state index contributed by atoms with van der Waals surface area (Å²) in [6, 6.07) is 10.7. The molecule has 0 saturated carbocycles. The van der Waals surface area contributed by atoms with E-state index in [1.807, 2.05) is 12.3 Å². The summed E-state index contributed by atoms with van der Waals surface area (Å²) in [4.78, 5) is 4.47. The summed E-state index contributed by atoms with van der Waals surface area (Å²) >= 11 is 0. The Morgan fingerprint density at radius 2 is 1.77 bits per heavy atom. The summed E-state index contributed by atoms with van der Waals surface area (Å²) in [7, 11) is 0. The molecule has 0 saturated heterocycles. The van der Waals surface area contributed by atoms with Crippen molar-refractivity contribution in [2.75, 3.05) is 0 Å². The Bertz CT molecular complexity index is 360. The van der Waals surface area contributed by atoms with Crippen LogP contribution < -0.4 is 0 Å². The summed E-state index contributed by atoms with van der Waals surface area (Å²) in [5.74, 6) is 0. The lowest BCUT2D eigenvalue weighted by atomic mass is 10.00. The molecule has 66 valence electrons. The van der Waals surface area contributed by atoms with Crippen molar-refractivity contribution in [1.29, 1.82) is 0 Å². The summed E-state index contributed by atoms with van der Waals surface area (Å²) in [5, 5.41) is 0. The molecule has 1 aromatic rings. The fourth-order valence-corrected chi connectivity index (χ4v) is 1.59.